The molecule has 6 nitrogen and oxygen atoms in total. The Kier molecular flexibility index (Phi) is 5.54. The number of hydrogen-bond acceptors (Lipinski definition) is 4. The molecule has 0 aromatic heterocycles. The lowest BCUT2D eigenvalue weighted by Crippen LogP contribution is -2.29. The fraction of sp³-hybridized carbons (Fsp3) is 0.278. The Balaban J connectivity index is 1.81. The highest BCUT2D eigenvalue weighted by molar-refractivity contribution is 7.89. The van der Waals surface area contributed by atoms with Crippen LogP contribution in [0, 0.1) is 0 Å². The first-order chi connectivity index (χ1) is 12.8. The van der Waals surface area contributed by atoms with Gasteiger partial charge in [-0.3, -0.25) is 4.79 Å². The second-order valence-corrected chi connectivity index (χ2v) is 8.15. The van der Waals surface area contributed by atoms with E-state index in [2.05, 4.69) is 5.32 Å². The zero-order valence-electron chi connectivity index (χ0n) is 14.2. The van der Waals surface area contributed by atoms with Crippen LogP contribution >= 0.6 is 0 Å². The summed E-state index contributed by atoms with van der Waals surface area (Å²) < 4.78 is 52.0. The Bertz CT molecular complexity index is 950. The minimum atomic E-state index is -3.82. The van der Waals surface area contributed by atoms with E-state index in [0.717, 1.165) is 6.07 Å². The summed E-state index contributed by atoms with van der Waals surface area (Å²) in [5, 5.41) is 12.0. The number of rotatable bonds is 5. The standard InChI is InChI=1S/C18H18F2N2O4S/c19-17(20)12-3-1-5-14(9-12)21-18(24)13-4-2-6-16(10-13)27(25,26)22-8-7-15(23)11-22/h1-6,9-10,15,17,23H,7-8,11H2,(H,21,24). The number of alkyl halides is 2. The number of nitrogens with zero attached hydrogens (tertiary/aromatic N) is 1. The Hall–Kier alpha value is -2.36. The van der Waals surface area contributed by atoms with Crippen molar-refractivity contribution in [3.63, 3.8) is 0 Å². The van der Waals surface area contributed by atoms with E-state index in [0.29, 0.717) is 6.42 Å². The Morgan fingerprint density at radius 3 is 2.59 bits per heavy atom. The summed E-state index contributed by atoms with van der Waals surface area (Å²) in [7, 11) is -3.82. The number of β-amino-alcohol motifs (C(OH)–C–C–N with tert-alkyl or cyclic N) is 1. The number of carbonyl (C=O) groups excluding carboxylic acids is 1. The third kappa shape index (κ3) is 4.32. The predicted molar refractivity (Wildman–Crippen MR) is 95.2 cm³/mol. The van der Waals surface area contributed by atoms with Crippen LogP contribution in [0.5, 0.6) is 0 Å². The van der Waals surface area contributed by atoms with Crippen LogP contribution < -0.4 is 5.32 Å². The van der Waals surface area contributed by atoms with Gasteiger partial charge >= 0.3 is 0 Å². The molecule has 0 radical (unpaired) electrons. The van der Waals surface area contributed by atoms with Gasteiger partial charge in [0, 0.05) is 29.9 Å². The van der Waals surface area contributed by atoms with E-state index in [1.165, 1.54) is 46.8 Å². The van der Waals surface area contributed by atoms with Crippen LogP contribution in [0.15, 0.2) is 53.4 Å². The summed E-state index contributed by atoms with van der Waals surface area (Å²) in [5.41, 5.74) is 0.0451. The van der Waals surface area contributed by atoms with E-state index in [1.807, 2.05) is 0 Å². The van der Waals surface area contributed by atoms with Crippen LogP contribution in [0.25, 0.3) is 0 Å². The monoisotopic (exact) mass is 396 g/mol. The summed E-state index contributed by atoms with van der Waals surface area (Å²) in [6.45, 7) is 0.222. The molecule has 0 aliphatic carbocycles. The lowest BCUT2D eigenvalue weighted by Gasteiger charge is -2.16. The molecule has 1 fully saturated rings. The van der Waals surface area contributed by atoms with Gasteiger partial charge in [-0.05, 0) is 36.8 Å². The number of anilines is 1. The van der Waals surface area contributed by atoms with Crippen molar-refractivity contribution in [1.82, 2.24) is 4.31 Å². The second kappa shape index (κ2) is 7.71. The Labute approximate surface area is 155 Å². The smallest absolute Gasteiger partial charge is 0.263 e. The molecule has 0 saturated carbocycles. The van der Waals surface area contributed by atoms with E-state index < -0.39 is 28.5 Å². The topological polar surface area (TPSA) is 86.7 Å². The quantitative estimate of drug-likeness (QED) is 0.814. The van der Waals surface area contributed by atoms with Gasteiger partial charge < -0.3 is 10.4 Å². The molecule has 0 bridgehead atoms. The number of carbonyl (C=O) groups is 1. The number of amides is 1. The number of sulfonamides is 1. The van der Waals surface area contributed by atoms with Gasteiger partial charge in [-0.1, -0.05) is 18.2 Å². The normalized spacial score (nSPS) is 18.0. The van der Waals surface area contributed by atoms with Gasteiger partial charge in [-0.15, -0.1) is 0 Å². The summed E-state index contributed by atoms with van der Waals surface area (Å²) >= 11 is 0. The van der Waals surface area contributed by atoms with E-state index in [4.69, 9.17) is 0 Å². The first-order valence-electron chi connectivity index (χ1n) is 8.25. The lowest BCUT2D eigenvalue weighted by molar-refractivity contribution is 0.102. The highest BCUT2D eigenvalue weighted by Crippen LogP contribution is 2.24. The van der Waals surface area contributed by atoms with Crippen molar-refractivity contribution in [1.29, 1.82) is 0 Å². The molecular weight excluding hydrogens is 378 g/mol. The molecular formula is C18H18F2N2O4S. The molecule has 1 aliphatic heterocycles. The van der Waals surface area contributed by atoms with Crippen molar-refractivity contribution in [3.8, 4) is 0 Å². The van der Waals surface area contributed by atoms with Crippen molar-refractivity contribution < 1.29 is 27.1 Å². The highest BCUT2D eigenvalue weighted by Gasteiger charge is 2.31. The third-order valence-corrected chi connectivity index (χ3v) is 6.12. The molecule has 1 atom stereocenters. The van der Waals surface area contributed by atoms with Gasteiger partial charge in [0.2, 0.25) is 10.0 Å². The number of benzene rings is 2. The highest BCUT2D eigenvalue weighted by atomic mass is 32.2. The number of hydrogen-bond donors (Lipinski definition) is 2. The zero-order valence-corrected chi connectivity index (χ0v) is 15.0. The first kappa shape index (κ1) is 19.4. The molecule has 1 unspecified atom stereocenters. The molecule has 2 aromatic carbocycles. The van der Waals surface area contributed by atoms with Crippen molar-refractivity contribution >= 4 is 21.6 Å². The fourth-order valence-electron chi connectivity index (χ4n) is 2.83. The van der Waals surface area contributed by atoms with Crippen LogP contribution in [0.4, 0.5) is 14.5 Å². The number of aliphatic hydroxyl groups is 1. The number of halogens is 2. The average Bonchev–Trinajstić information content (AvgIpc) is 3.09. The van der Waals surface area contributed by atoms with Crippen molar-refractivity contribution in [2.24, 2.45) is 0 Å². The molecule has 1 aliphatic rings. The summed E-state index contributed by atoms with van der Waals surface area (Å²) in [5.74, 6) is -0.611. The van der Waals surface area contributed by atoms with Crippen molar-refractivity contribution in [2.45, 2.75) is 23.8 Å². The summed E-state index contributed by atoms with van der Waals surface area (Å²) in [6.07, 6.45) is -3.00. The molecule has 1 saturated heterocycles. The van der Waals surface area contributed by atoms with Gasteiger partial charge in [0.05, 0.1) is 11.0 Å². The van der Waals surface area contributed by atoms with Crippen LogP contribution in [0.2, 0.25) is 0 Å². The van der Waals surface area contributed by atoms with Crippen LogP contribution in [-0.4, -0.2) is 42.9 Å². The summed E-state index contributed by atoms with van der Waals surface area (Å²) in [6, 6.07) is 10.7. The predicted octanol–water partition coefficient (Wildman–Crippen LogP) is 2.63. The van der Waals surface area contributed by atoms with Gasteiger partial charge in [0.1, 0.15) is 0 Å². The minimum Gasteiger partial charge on any atom is -0.392 e. The lowest BCUT2D eigenvalue weighted by atomic mass is 10.2. The molecule has 3 rings (SSSR count). The Morgan fingerprint density at radius 1 is 1.19 bits per heavy atom. The maximum atomic E-state index is 12.8. The first-order valence-corrected chi connectivity index (χ1v) is 9.69. The minimum absolute atomic E-state index is 0.0131. The van der Waals surface area contributed by atoms with Gasteiger partial charge in [0.25, 0.3) is 12.3 Å². The van der Waals surface area contributed by atoms with Crippen LogP contribution in [0.1, 0.15) is 28.8 Å². The molecule has 2 aromatic rings. The SMILES string of the molecule is O=C(Nc1cccc(C(F)F)c1)c1cccc(S(=O)(=O)N2CCC(O)C2)c1. The van der Waals surface area contributed by atoms with Gasteiger partial charge in [-0.25, -0.2) is 17.2 Å². The van der Waals surface area contributed by atoms with E-state index in [-0.39, 0.29) is 34.8 Å². The largest absolute Gasteiger partial charge is 0.392 e. The molecule has 27 heavy (non-hydrogen) atoms. The van der Waals surface area contributed by atoms with E-state index >= 15 is 0 Å². The maximum Gasteiger partial charge on any atom is 0.263 e. The zero-order chi connectivity index (χ0) is 19.6. The average molecular weight is 396 g/mol. The fourth-order valence-corrected chi connectivity index (χ4v) is 4.37. The summed E-state index contributed by atoms with van der Waals surface area (Å²) in [4.78, 5) is 12.3. The molecule has 0 spiro atoms. The van der Waals surface area contributed by atoms with Crippen LogP contribution in [0.3, 0.4) is 0 Å². The second-order valence-electron chi connectivity index (χ2n) is 6.21. The van der Waals surface area contributed by atoms with Gasteiger partial charge in [0.15, 0.2) is 0 Å². The van der Waals surface area contributed by atoms with E-state index in [9.17, 15) is 27.1 Å². The number of nitrogens with one attached hydrogen (secondary N) is 1. The third-order valence-electron chi connectivity index (χ3n) is 4.26. The van der Waals surface area contributed by atoms with Crippen molar-refractivity contribution in [2.75, 3.05) is 18.4 Å². The molecule has 1 heterocycles. The maximum absolute atomic E-state index is 12.8. The number of aliphatic hydroxyl groups excluding tert-OH is 1. The molecule has 9 heteroatoms. The molecule has 2 N–H and O–H groups in total. The molecule has 144 valence electrons. The van der Waals surface area contributed by atoms with Crippen LogP contribution in [-0.2, 0) is 10.0 Å². The van der Waals surface area contributed by atoms with E-state index in [1.54, 1.807) is 0 Å². The Morgan fingerprint density at radius 2 is 1.93 bits per heavy atom. The van der Waals surface area contributed by atoms with Gasteiger partial charge in [-0.2, -0.15) is 4.31 Å². The van der Waals surface area contributed by atoms with Crippen molar-refractivity contribution in [3.05, 3.63) is 59.7 Å². The molecule has 1 amide bonds.